The Hall–Kier alpha value is -0.610. The van der Waals surface area contributed by atoms with Crippen molar-refractivity contribution < 1.29 is 14.3 Å². The largest absolute Gasteiger partial charge is 0.468 e. The van der Waals surface area contributed by atoms with Gasteiger partial charge in [0.2, 0.25) is 0 Å². The van der Waals surface area contributed by atoms with Crippen molar-refractivity contribution in [2.45, 2.75) is 39.2 Å². The predicted octanol–water partition coefficient (Wildman–Crippen LogP) is 1.59. The van der Waals surface area contributed by atoms with Gasteiger partial charge in [-0.1, -0.05) is 13.8 Å². The van der Waals surface area contributed by atoms with E-state index in [1.165, 1.54) is 7.11 Å². The van der Waals surface area contributed by atoms with Crippen molar-refractivity contribution in [2.75, 3.05) is 26.9 Å². The summed E-state index contributed by atoms with van der Waals surface area (Å²) in [6.07, 6.45) is 3.00. The fourth-order valence-electron chi connectivity index (χ4n) is 2.14. The molecule has 0 aromatic carbocycles. The van der Waals surface area contributed by atoms with Gasteiger partial charge < -0.3 is 14.8 Å². The van der Waals surface area contributed by atoms with Gasteiger partial charge in [0.05, 0.1) is 7.11 Å². The van der Waals surface area contributed by atoms with Crippen molar-refractivity contribution >= 4 is 5.97 Å². The van der Waals surface area contributed by atoms with Gasteiger partial charge in [0, 0.05) is 13.2 Å². The molecular formula is C13H25NO3. The van der Waals surface area contributed by atoms with E-state index in [4.69, 9.17) is 9.47 Å². The highest BCUT2D eigenvalue weighted by molar-refractivity contribution is 5.75. The van der Waals surface area contributed by atoms with Crippen LogP contribution < -0.4 is 5.32 Å². The quantitative estimate of drug-likeness (QED) is 0.720. The number of nitrogens with one attached hydrogen (secondary N) is 1. The zero-order valence-corrected chi connectivity index (χ0v) is 11.2. The van der Waals surface area contributed by atoms with Crippen molar-refractivity contribution in [1.29, 1.82) is 0 Å². The second-order valence-corrected chi connectivity index (χ2v) is 5.17. The molecule has 1 N–H and O–H groups in total. The second-order valence-electron chi connectivity index (χ2n) is 5.17. The maximum Gasteiger partial charge on any atom is 0.322 e. The first-order valence-electron chi connectivity index (χ1n) is 6.52. The first kappa shape index (κ1) is 14.5. The standard InChI is InChI=1S/C13H25NO3/c1-10(2)8-12(13(15)16-3)14-9-11-4-6-17-7-5-11/h10-12,14H,4-9H2,1-3H3. The molecule has 1 aliphatic heterocycles. The number of hydrogen-bond acceptors (Lipinski definition) is 4. The summed E-state index contributed by atoms with van der Waals surface area (Å²) in [4.78, 5) is 11.6. The van der Waals surface area contributed by atoms with E-state index in [-0.39, 0.29) is 12.0 Å². The lowest BCUT2D eigenvalue weighted by Gasteiger charge is -2.25. The van der Waals surface area contributed by atoms with E-state index in [0.29, 0.717) is 11.8 Å². The number of carbonyl (C=O) groups is 1. The van der Waals surface area contributed by atoms with Crippen LogP contribution in [0, 0.1) is 11.8 Å². The van der Waals surface area contributed by atoms with E-state index in [9.17, 15) is 4.79 Å². The molecule has 0 amide bonds. The molecule has 4 nitrogen and oxygen atoms in total. The van der Waals surface area contributed by atoms with Crippen LogP contribution in [0.25, 0.3) is 0 Å². The molecule has 0 aliphatic carbocycles. The summed E-state index contributed by atoms with van der Waals surface area (Å²) in [6.45, 7) is 6.81. The maximum absolute atomic E-state index is 11.6. The van der Waals surface area contributed by atoms with Crippen LogP contribution in [-0.2, 0) is 14.3 Å². The summed E-state index contributed by atoms with van der Waals surface area (Å²) in [5, 5.41) is 3.34. The Morgan fingerprint density at radius 2 is 2.06 bits per heavy atom. The molecule has 0 aromatic heterocycles. The molecule has 0 spiro atoms. The van der Waals surface area contributed by atoms with Crippen LogP contribution in [0.3, 0.4) is 0 Å². The summed E-state index contributed by atoms with van der Waals surface area (Å²) in [6, 6.07) is -0.164. The fraction of sp³-hybridized carbons (Fsp3) is 0.923. The molecule has 1 rings (SSSR count). The number of methoxy groups -OCH3 is 1. The van der Waals surface area contributed by atoms with Crippen LogP contribution in [0.2, 0.25) is 0 Å². The highest BCUT2D eigenvalue weighted by Crippen LogP contribution is 2.14. The first-order valence-corrected chi connectivity index (χ1v) is 6.52. The molecule has 0 saturated carbocycles. The van der Waals surface area contributed by atoms with Crippen molar-refractivity contribution in [2.24, 2.45) is 11.8 Å². The molecule has 1 heterocycles. The Morgan fingerprint density at radius 1 is 1.41 bits per heavy atom. The molecule has 0 radical (unpaired) electrons. The Kier molecular flexibility index (Phi) is 6.52. The Bertz CT molecular complexity index is 225. The van der Waals surface area contributed by atoms with E-state index in [1.54, 1.807) is 0 Å². The highest BCUT2D eigenvalue weighted by atomic mass is 16.5. The second kappa shape index (κ2) is 7.67. The minimum absolute atomic E-state index is 0.147. The average molecular weight is 243 g/mol. The molecule has 1 aliphatic rings. The van der Waals surface area contributed by atoms with Crippen LogP contribution in [0.15, 0.2) is 0 Å². The third kappa shape index (κ3) is 5.50. The Morgan fingerprint density at radius 3 is 2.59 bits per heavy atom. The molecule has 1 atom stereocenters. The summed E-state index contributed by atoms with van der Waals surface area (Å²) < 4.78 is 10.1. The van der Waals surface area contributed by atoms with E-state index >= 15 is 0 Å². The monoisotopic (exact) mass is 243 g/mol. The Labute approximate surface area is 104 Å². The van der Waals surface area contributed by atoms with Crippen LogP contribution in [0.4, 0.5) is 0 Å². The number of ether oxygens (including phenoxy) is 2. The smallest absolute Gasteiger partial charge is 0.322 e. The van der Waals surface area contributed by atoms with E-state index < -0.39 is 0 Å². The van der Waals surface area contributed by atoms with Crippen LogP contribution in [-0.4, -0.2) is 38.9 Å². The molecule has 0 aromatic rings. The van der Waals surface area contributed by atoms with E-state index in [0.717, 1.165) is 39.0 Å². The minimum Gasteiger partial charge on any atom is -0.468 e. The normalized spacial score (nSPS) is 19.3. The van der Waals surface area contributed by atoms with Gasteiger partial charge in [-0.2, -0.15) is 0 Å². The molecule has 1 saturated heterocycles. The topological polar surface area (TPSA) is 47.6 Å². The van der Waals surface area contributed by atoms with Crippen LogP contribution >= 0.6 is 0 Å². The van der Waals surface area contributed by atoms with Gasteiger partial charge in [-0.25, -0.2) is 0 Å². The molecule has 100 valence electrons. The van der Waals surface area contributed by atoms with E-state index in [2.05, 4.69) is 19.2 Å². The number of esters is 1. The van der Waals surface area contributed by atoms with Gasteiger partial charge in [0.15, 0.2) is 0 Å². The van der Waals surface area contributed by atoms with Crippen molar-refractivity contribution in [1.82, 2.24) is 5.32 Å². The molecule has 1 unspecified atom stereocenters. The molecular weight excluding hydrogens is 218 g/mol. The van der Waals surface area contributed by atoms with Gasteiger partial charge in [-0.05, 0) is 37.6 Å². The third-order valence-electron chi connectivity index (χ3n) is 3.19. The lowest BCUT2D eigenvalue weighted by atomic mass is 9.98. The third-order valence-corrected chi connectivity index (χ3v) is 3.19. The SMILES string of the molecule is COC(=O)C(CC(C)C)NCC1CCOCC1. The number of rotatable bonds is 6. The molecule has 1 fully saturated rings. The lowest BCUT2D eigenvalue weighted by molar-refractivity contribution is -0.143. The van der Waals surface area contributed by atoms with Crippen LogP contribution in [0.5, 0.6) is 0 Å². The number of carbonyl (C=O) groups excluding carboxylic acids is 1. The minimum atomic E-state index is -0.164. The fourth-order valence-corrected chi connectivity index (χ4v) is 2.14. The van der Waals surface area contributed by atoms with E-state index in [1.807, 2.05) is 0 Å². The lowest BCUT2D eigenvalue weighted by Crippen LogP contribution is -2.42. The van der Waals surface area contributed by atoms with Gasteiger partial charge >= 0.3 is 5.97 Å². The molecule has 4 heteroatoms. The van der Waals surface area contributed by atoms with Gasteiger partial charge in [-0.15, -0.1) is 0 Å². The zero-order chi connectivity index (χ0) is 12.7. The average Bonchev–Trinajstić information content (AvgIpc) is 2.34. The van der Waals surface area contributed by atoms with Gasteiger partial charge in [0.1, 0.15) is 6.04 Å². The van der Waals surface area contributed by atoms with Crippen molar-refractivity contribution in [3.8, 4) is 0 Å². The van der Waals surface area contributed by atoms with Gasteiger partial charge in [0.25, 0.3) is 0 Å². The van der Waals surface area contributed by atoms with Crippen molar-refractivity contribution in [3.05, 3.63) is 0 Å². The maximum atomic E-state index is 11.6. The van der Waals surface area contributed by atoms with Crippen molar-refractivity contribution in [3.63, 3.8) is 0 Å². The zero-order valence-electron chi connectivity index (χ0n) is 11.2. The summed E-state index contributed by atoms with van der Waals surface area (Å²) >= 11 is 0. The Balaban J connectivity index is 2.34. The van der Waals surface area contributed by atoms with Crippen LogP contribution in [0.1, 0.15) is 33.1 Å². The first-order chi connectivity index (χ1) is 8.13. The molecule has 0 bridgehead atoms. The summed E-state index contributed by atoms with van der Waals surface area (Å²) in [5.41, 5.74) is 0. The predicted molar refractivity (Wildman–Crippen MR) is 66.8 cm³/mol. The number of hydrogen-bond donors (Lipinski definition) is 1. The summed E-state index contributed by atoms with van der Waals surface area (Å²) in [7, 11) is 1.45. The van der Waals surface area contributed by atoms with Gasteiger partial charge in [-0.3, -0.25) is 4.79 Å². The molecule has 17 heavy (non-hydrogen) atoms. The highest BCUT2D eigenvalue weighted by Gasteiger charge is 2.22. The summed E-state index contributed by atoms with van der Waals surface area (Å²) in [5.74, 6) is 0.968.